The standard InChI is InChI=1S/C15H22N2O2.ClH/c1-2-17(14-8-10-16-11-9-14)15(18)19-12-13-6-4-3-5-7-13;/h3-7,14,16H,2,8-12H2,1H3;1H. The molecular weight excluding hydrogens is 276 g/mol. The summed E-state index contributed by atoms with van der Waals surface area (Å²) in [7, 11) is 0. The Hall–Kier alpha value is -1.26. The highest BCUT2D eigenvalue weighted by Gasteiger charge is 2.24. The Morgan fingerprint density at radius 3 is 2.55 bits per heavy atom. The first-order valence-electron chi connectivity index (χ1n) is 6.99. The lowest BCUT2D eigenvalue weighted by molar-refractivity contribution is 0.0759. The van der Waals surface area contributed by atoms with E-state index in [2.05, 4.69) is 5.32 Å². The normalized spacial score (nSPS) is 15.2. The summed E-state index contributed by atoms with van der Waals surface area (Å²) < 4.78 is 5.40. The number of nitrogens with zero attached hydrogens (tertiary/aromatic N) is 1. The Morgan fingerprint density at radius 2 is 1.95 bits per heavy atom. The SMILES string of the molecule is CCN(C(=O)OCc1ccccc1)C1CCNCC1.Cl. The zero-order valence-corrected chi connectivity index (χ0v) is 12.7. The molecule has 1 amide bonds. The summed E-state index contributed by atoms with van der Waals surface area (Å²) in [5, 5.41) is 3.31. The van der Waals surface area contributed by atoms with Crippen LogP contribution in [-0.2, 0) is 11.3 Å². The maximum Gasteiger partial charge on any atom is 0.410 e. The van der Waals surface area contributed by atoms with Gasteiger partial charge in [0.05, 0.1) is 0 Å². The maximum atomic E-state index is 12.1. The molecule has 0 unspecified atom stereocenters. The smallest absolute Gasteiger partial charge is 0.410 e. The lowest BCUT2D eigenvalue weighted by Crippen LogP contribution is -2.46. The van der Waals surface area contributed by atoms with Gasteiger partial charge in [0.25, 0.3) is 0 Å². The second-order valence-electron chi connectivity index (χ2n) is 4.81. The number of benzene rings is 1. The van der Waals surface area contributed by atoms with Crippen molar-refractivity contribution in [3.8, 4) is 0 Å². The third kappa shape index (κ3) is 4.69. The van der Waals surface area contributed by atoms with Gasteiger partial charge in [0, 0.05) is 12.6 Å². The van der Waals surface area contributed by atoms with E-state index in [0.29, 0.717) is 19.2 Å². The molecule has 0 saturated carbocycles. The Morgan fingerprint density at radius 1 is 1.30 bits per heavy atom. The lowest BCUT2D eigenvalue weighted by Gasteiger charge is -2.33. The Bertz CT molecular complexity index is 394. The number of piperidine rings is 1. The lowest BCUT2D eigenvalue weighted by atomic mass is 10.1. The van der Waals surface area contributed by atoms with Crippen molar-refractivity contribution in [2.45, 2.75) is 32.4 Å². The Kier molecular flexibility index (Phi) is 7.41. The van der Waals surface area contributed by atoms with Crippen LogP contribution in [0.4, 0.5) is 4.79 Å². The van der Waals surface area contributed by atoms with E-state index in [1.165, 1.54) is 0 Å². The van der Waals surface area contributed by atoms with Gasteiger partial charge >= 0.3 is 6.09 Å². The number of ether oxygens (including phenoxy) is 1. The van der Waals surface area contributed by atoms with Crippen molar-refractivity contribution in [1.82, 2.24) is 10.2 Å². The molecule has 0 radical (unpaired) electrons. The van der Waals surface area contributed by atoms with Gasteiger partial charge in [-0.25, -0.2) is 4.79 Å². The molecule has 1 N–H and O–H groups in total. The fraction of sp³-hybridized carbons (Fsp3) is 0.533. The molecule has 0 aliphatic carbocycles. The van der Waals surface area contributed by atoms with Gasteiger partial charge in [-0.1, -0.05) is 30.3 Å². The van der Waals surface area contributed by atoms with E-state index in [-0.39, 0.29) is 18.5 Å². The van der Waals surface area contributed by atoms with Crippen LogP contribution >= 0.6 is 12.4 Å². The molecule has 20 heavy (non-hydrogen) atoms. The molecule has 1 aliphatic rings. The van der Waals surface area contributed by atoms with Crippen LogP contribution in [0.3, 0.4) is 0 Å². The molecule has 1 aliphatic heterocycles. The highest BCUT2D eigenvalue weighted by atomic mass is 35.5. The average molecular weight is 299 g/mol. The van der Waals surface area contributed by atoms with Crippen molar-refractivity contribution in [2.75, 3.05) is 19.6 Å². The minimum absolute atomic E-state index is 0. The molecule has 2 rings (SSSR count). The number of halogens is 1. The van der Waals surface area contributed by atoms with Crippen molar-refractivity contribution in [3.63, 3.8) is 0 Å². The highest BCUT2D eigenvalue weighted by molar-refractivity contribution is 5.85. The number of hydrogen-bond acceptors (Lipinski definition) is 3. The highest BCUT2D eigenvalue weighted by Crippen LogP contribution is 2.13. The van der Waals surface area contributed by atoms with Crippen LogP contribution < -0.4 is 5.32 Å². The van der Waals surface area contributed by atoms with Crippen molar-refractivity contribution >= 4 is 18.5 Å². The predicted octanol–water partition coefficient (Wildman–Crippen LogP) is 2.82. The number of rotatable bonds is 4. The van der Waals surface area contributed by atoms with Crippen molar-refractivity contribution in [3.05, 3.63) is 35.9 Å². The monoisotopic (exact) mass is 298 g/mol. The average Bonchev–Trinajstić information content (AvgIpc) is 2.48. The van der Waals surface area contributed by atoms with Gasteiger partial charge in [-0.2, -0.15) is 0 Å². The van der Waals surface area contributed by atoms with E-state index in [1.54, 1.807) is 0 Å². The zero-order valence-electron chi connectivity index (χ0n) is 11.9. The van der Waals surface area contributed by atoms with Crippen LogP contribution in [0.25, 0.3) is 0 Å². The number of carbonyl (C=O) groups is 1. The van der Waals surface area contributed by atoms with E-state index in [4.69, 9.17) is 4.74 Å². The van der Waals surface area contributed by atoms with E-state index in [1.807, 2.05) is 42.2 Å². The van der Waals surface area contributed by atoms with Crippen molar-refractivity contribution in [2.24, 2.45) is 0 Å². The van der Waals surface area contributed by atoms with Gasteiger partial charge in [0.15, 0.2) is 0 Å². The van der Waals surface area contributed by atoms with Gasteiger partial charge in [-0.15, -0.1) is 12.4 Å². The van der Waals surface area contributed by atoms with Gasteiger partial charge < -0.3 is 15.0 Å². The Labute approximate surface area is 126 Å². The second-order valence-corrected chi connectivity index (χ2v) is 4.81. The summed E-state index contributed by atoms with van der Waals surface area (Å²) >= 11 is 0. The van der Waals surface area contributed by atoms with Crippen LogP contribution in [0.2, 0.25) is 0 Å². The quantitative estimate of drug-likeness (QED) is 0.929. The third-order valence-corrected chi connectivity index (χ3v) is 3.53. The van der Waals surface area contributed by atoms with Crippen LogP contribution in [0.15, 0.2) is 30.3 Å². The molecule has 1 fully saturated rings. The minimum Gasteiger partial charge on any atom is -0.445 e. The zero-order chi connectivity index (χ0) is 13.5. The van der Waals surface area contributed by atoms with E-state index in [0.717, 1.165) is 31.5 Å². The van der Waals surface area contributed by atoms with Crippen LogP contribution in [0, 0.1) is 0 Å². The first-order valence-corrected chi connectivity index (χ1v) is 6.99. The molecule has 0 aromatic heterocycles. The fourth-order valence-corrected chi connectivity index (χ4v) is 2.46. The number of hydrogen-bond donors (Lipinski definition) is 1. The molecule has 4 nitrogen and oxygen atoms in total. The van der Waals surface area contributed by atoms with E-state index >= 15 is 0 Å². The van der Waals surface area contributed by atoms with Crippen LogP contribution in [0.1, 0.15) is 25.3 Å². The van der Waals surface area contributed by atoms with Crippen LogP contribution in [0.5, 0.6) is 0 Å². The predicted molar refractivity (Wildman–Crippen MR) is 82.1 cm³/mol. The maximum absolute atomic E-state index is 12.1. The summed E-state index contributed by atoms with van der Waals surface area (Å²) in [6.07, 6.45) is 1.82. The van der Waals surface area contributed by atoms with E-state index < -0.39 is 0 Å². The number of nitrogens with one attached hydrogen (secondary N) is 1. The van der Waals surface area contributed by atoms with Crippen LogP contribution in [-0.4, -0.2) is 36.7 Å². The fourth-order valence-electron chi connectivity index (χ4n) is 2.46. The summed E-state index contributed by atoms with van der Waals surface area (Å²) in [6.45, 7) is 5.02. The topological polar surface area (TPSA) is 41.6 Å². The van der Waals surface area contributed by atoms with Crippen molar-refractivity contribution in [1.29, 1.82) is 0 Å². The summed E-state index contributed by atoms with van der Waals surface area (Å²) in [5.74, 6) is 0. The molecule has 1 aromatic carbocycles. The molecule has 1 saturated heterocycles. The van der Waals surface area contributed by atoms with Gasteiger partial charge in [-0.3, -0.25) is 0 Å². The molecule has 0 bridgehead atoms. The molecule has 1 aromatic rings. The third-order valence-electron chi connectivity index (χ3n) is 3.53. The van der Waals surface area contributed by atoms with Gasteiger partial charge in [0.1, 0.15) is 6.61 Å². The molecule has 0 spiro atoms. The summed E-state index contributed by atoms with van der Waals surface area (Å²) in [4.78, 5) is 14.0. The summed E-state index contributed by atoms with van der Waals surface area (Å²) in [6, 6.07) is 10.1. The number of carbonyl (C=O) groups excluding carboxylic acids is 1. The second kappa shape index (κ2) is 8.82. The summed E-state index contributed by atoms with van der Waals surface area (Å²) in [5.41, 5.74) is 1.03. The molecule has 0 atom stereocenters. The molecule has 112 valence electrons. The number of amides is 1. The van der Waals surface area contributed by atoms with Crippen molar-refractivity contribution < 1.29 is 9.53 Å². The molecule has 1 heterocycles. The molecule has 5 heteroatoms. The first-order chi connectivity index (χ1) is 9.31. The van der Waals surface area contributed by atoms with Gasteiger partial charge in [-0.05, 0) is 38.4 Å². The first kappa shape index (κ1) is 16.8. The minimum atomic E-state index is -0.196. The molecular formula is C15H23ClN2O2. The van der Waals surface area contributed by atoms with E-state index in [9.17, 15) is 4.79 Å². The largest absolute Gasteiger partial charge is 0.445 e. The van der Waals surface area contributed by atoms with Gasteiger partial charge in [0.2, 0.25) is 0 Å². The Balaban J connectivity index is 0.00000200.